The van der Waals surface area contributed by atoms with Gasteiger partial charge in [-0.05, 0) is 18.7 Å². The fraction of sp³-hybridized carbons (Fsp3) is 0.154. The molecule has 2 heterocycles. The zero-order chi connectivity index (χ0) is 12.4. The van der Waals surface area contributed by atoms with Gasteiger partial charge in [0.1, 0.15) is 5.82 Å². The van der Waals surface area contributed by atoms with E-state index in [1.54, 1.807) is 18.6 Å². The highest BCUT2D eigenvalue weighted by Crippen LogP contribution is 2.19. The average Bonchev–Trinajstić information content (AvgIpc) is 2.78. The van der Waals surface area contributed by atoms with E-state index in [1.165, 1.54) is 0 Å². The van der Waals surface area contributed by atoms with E-state index in [-0.39, 0.29) is 0 Å². The minimum absolute atomic E-state index is 0.559. The minimum Gasteiger partial charge on any atom is -0.330 e. The van der Waals surface area contributed by atoms with Gasteiger partial charge in [0.05, 0.1) is 17.2 Å². The van der Waals surface area contributed by atoms with Crippen LogP contribution in [-0.4, -0.2) is 26.1 Å². The van der Waals surface area contributed by atoms with Gasteiger partial charge in [0.15, 0.2) is 5.82 Å². The molecule has 0 amide bonds. The Labute approximate surface area is 104 Å². The molecule has 0 saturated heterocycles. The van der Waals surface area contributed by atoms with E-state index in [9.17, 15) is 0 Å². The lowest BCUT2D eigenvalue weighted by atomic mass is 10.3. The second kappa shape index (κ2) is 4.54. The topological polar surface area (TPSA) is 69.6 Å². The summed E-state index contributed by atoms with van der Waals surface area (Å²) in [6.45, 7) is 0.559. The summed E-state index contributed by atoms with van der Waals surface area (Å²) in [5.74, 6) is 1.69. The molecule has 3 aromatic rings. The Balaban J connectivity index is 2.28. The fourth-order valence-corrected chi connectivity index (χ4v) is 2.04. The number of rotatable bonds is 3. The van der Waals surface area contributed by atoms with E-state index in [2.05, 4.69) is 15.0 Å². The maximum Gasteiger partial charge on any atom is 0.157 e. The van der Waals surface area contributed by atoms with E-state index in [0.717, 1.165) is 22.7 Å². The summed E-state index contributed by atoms with van der Waals surface area (Å²) in [7, 11) is 0. The lowest BCUT2D eigenvalue weighted by Crippen LogP contribution is -2.09. The van der Waals surface area contributed by atoms with Crippen molar-refractivity contribution in [3.05, 3.63) is 48.7 Å². The van der Waals surface area contributed by atoms with Crippen LogP contribution < -0.4 is 5.73 Å². The summed E-state index contributed by atoms with van der Waals surface area (Å²) in [6.07, 6.45) is 5.78. The average molecular weight is 239 g/mol. The molecule has 1 aromatic carbocycles. The number of para-hydroxylation sites is 2. The standard InChI is InChI=1S/C13H13N5/c14-6-5-12-17-10-3-1-2-4-11(10)18(12)13-9-15-7-8-16-13/h1-4,7-9H,5-6,14H2. The molecule has 0 atom stereocenters. The molecule has 0 spiro atoms. The van der Waals surface area contributed by atoms with Gasteiger partial charge in [0, 0.05) is 18.8 Å². The highest BCUT2D eigenvalue weighted by molar-refractivity contribution is 5.77. The molecule has 5 nitrogen and oxygen atoms in total. The highest BCUT2D eigenvalue weighted by atomic mass is 15.1. The monoisotopic (exact) mass is 239 g/mol. The Morgan fingerprint density at radius 2 is 2.06 bits per heavy atom. The number of benzene rings is 1. The molecule has 3 rings (SSSR count). The first-order valence-corrected chi connectivity index (χ1v) is 5.83. The Morgan fingerprint density at radius 1 is 1.17 bits per heavy atom. The van der Waals surface area contributed by atoms with Gasteiger partial charge < -0.3 is 5.73 Å². The molecule has 0 aliphatic rings. The van der Waals surface area contributed by atoms with Crippen LogP contribution >= 0.6 is 0 Å². The predicted octanol–water partition coefficient (Wildman–Crippen LogP) is 1.32. The number of aromatic nitrogens is 4. The smallest absolute Gasteiger partial charge is 0.157 e. The third-order valence-electron chi connectivity index (χ3n) is 2.78. The van der Waals surface area contributed by atoms with Gasteiger partial charge in [-0.1, -0.05) is 12.1 Å². The maximum atomic E-state index is 5.64. The van der Waals surface area contributed by atoms with E-state index in [4.69, 9.17) is 5.73 Å². The van der Waals surface area contributed by atoms with E-state index < -0.39 is 0 Å². The zero-order valence-corrected chi connectivity index (χ0v) is 9.82. The van der Waals surface area contributed by atoms with Crippen LogP contribution in [0.1, 0.15) is 5.82 Å². The Kier molecular flexibility index (Phi) is 2.74. The molecule has 0 fully saturated rings. The summed E-state index contributed by atoms with van der Waals surface area (Å²) < 4.78 is 2.01. The Hall–Kier alpha value is -2.27. The first-order valence-electron chi connectivity index (χ1n) is 5.83. The van der Waals surface area contributed by atoms with Crippen LogP contribution in [0, 0.1) is 0 Å². The number of imidazole rings is 1. The molecule has 5 heteroatoms. The van der Waals surface area contributed by atoms with Gasteiger partial charge in [0.25, 0.3) is 0 Å². The van der Waals surface area contributed by atoms with Gasteiger partial charge in [-0.2, -0.15) is 0 Å². The third-order valence-corrected chi connectivity index (χ3v) is 2.78. The van der Waals surface area contributed by atoms with Crippen LogP contribution in [0.15, 0.2) is 42.9 Å². The minimum atomic E-state index is 0.559. The van der Waals surface area contributed by atoms with Crippen LogP contribution in [0.5, 0.6) is 0 Å². The molecular formula is C13H13N5. The number of nitrogens with zero attached hydrogens (tertiary/aromatic N) is 4. The second-order valence-electron chi connectivity index (χ2n) is 3.95. The van der Waals surface area contributed by atoms with Gasteiger partial charge in [0.2, 0.25) is 0 Å². The van der Waals surface area contributed by atoms with Crippen molar-refractivity contribution in [3.8, 4) is 5.82 Å². The van der Waals surface area contributed by atoms with Crippen molar-refractivity contribution in [2.45, 2.75) is 6.42 Å². The summed E-state index contributed by atoms with van der Waals surface area (Å²) in [5, 5.41) is 0. The summed E-state index contributed by atoms with van der Waals surface area (Å²) >= 11 is 0. The van der Waals surface area contributed by atoms with Crippen molar-refractivity contribution in [2.75, 3.05) is 6.54 Å². The quantitative estimate of drug-likeness (QED) is 0.748. The SMILES string of the molecule is NCCc1nc2ccccc2n1-c1cnccn1. The molecule has 0 aliphatic carbocycles. The fourth-order valence-electron chi connectivity index (χ4n) is 2.04. The summed E-state index contributed by atoms with van der Waals surface area (Å²) in [4.78, 5) is 13.0. The summed E-state index contributed by atoms with van der Waals surface area (Å²) in [6, 6.07) is 7.98. The van der Waals surface area contributed by atoms with Crippen LogP contribution in [0.3, 0.4) is 0 Å². The lowest BCUT2D eigenvalue weighted by Gasteiger charge is -2.06. The third kappa shape index (κ3) is 1.74. The van der Waals surface area contributed by atoms with Gasteiger partial charge >= 0.3 is 0 Å². The highest BCUT2D eigenvalue weighted by Gasteiger charge is 2.11. The van der Waals surface area contributed by atoms with Crippen molar-refractivity contribution in [1.82, 2.24) is 19.5 Å². The zero-order valence-electron chi connectivity index (χ0n) is 9.82. The molecule has 18 heavy (non-hydrogen) atoms. The number of hydrogen-bond acceptors (Lipinski definition) is 4. The molecule has 0 radical (unpaired) electrons. The maximum absolute atomic E-state index is 5.64. The van der Waals surface area contributed by atoms with Crippen molar-refractivity contribution in [2.24, 2.45) is 5.73 Å². The molecule has 2 N–H and O–H groups in total. The van der Waals surface area contributed by atoms with Crippen LogP contribution in [0.2, 0.25) is 0 Å². The largest absolute Gasteiger partial charge is 0.330 e. The Bertz CT molecular complexity index is 659. The van der Waals surface area contributed by atoms with Crippen molar-refractivity contribution < 1.29 is 0 Å². The molecular weight excluding hydrogens is 226 g/mol. The first kappa shape index (κ1) is 10.9. The van der Waals surface area contributed by atoms with Crippen molar-refractivity contribution in [3.63, 3.8) is 0 Å². The predicted molar refractivity (Wildman–Crippen MR) is 69.4 cm³/mol. The Morgan fingerprint density at radius 3 is 2.83 bits per heavy atom. The van der Waals surface area contributed by atoms with E-state index >= 15 is 0 Å². The number of fused-ring (bicyclic) bond motifs is 1. The molecule has 0 aliphatic heterocycles. The lowest BCUT2D eigenvalue weighted by molar-refractivity contribution is 0.831. The molecule has 90 valence electrons. The van der Waals surface area contributed by atoms with Crippen LogP contribution in [0.4, 0.5) is 0 Å². The number of hydrogen-bond donors (Lipinski definition) is 1. The molecule has 2 aromatic heterocycles. The van der Waals surface area contributed by atoms with E-state index in [0.29, 0.717) is 13.0 Å². The molecule has 0 saturated carbocycles. The van der Waals surface area contributed by atoms with Gasteiger partial charge in [-0.15, -0.1) is 0 Å². The van der Waals surface area contributed by atoms with Crippen molar-refractivity contribution >= 4 is 11.0 Å². The van der Waals surface area contributed by atoms with E-state index in [1.807, 2.05) is 28.8 Å². The number of nitrogens with two attached hydrogens (primary N) is 1. The normalized spacial score (nSPS) is 10.9. The van der Waals surface area contributed by atoms with Crippen LogP contribution in [0.25, 0.3) is 16.9 Å². The molecule has 0 bridgehead atoms. The second-order valence-corrected chi connectivity index (χ2v) is 3.95. The molecule has 0 unspecified atom stereocenters. The van der Waals surface area contributed by atoms with Gasteiger partial charge in [-0.25, -0.2) is 9.97 Å². The summed E-state index contributed by atoms with van der Waals surface area (Å²) in [5.41, 5.74) is 7.62. The van der Waals surface area contributed by atoms with Gasteiger partial charge in [-0.3, -0.25) is 9.55 Å². The van der Waals surface area contributed by atoms with Crippen LogP contribution in [-0.2, 0) is 6.42 Å². The van der Waals surface area contributed by atoms with Crippen molar-refractivity contribution in [1.29, 1.82) is 0 Å². The first-order chi connectivity index (χ1) is 8.90.